The number of nitrogens with zero attached hydrogens (tertiary/aromatic N) is 1. The summed E-state index contributed by atoms with van der Waals surface area (Å²) in [5.41, 5.74) is 1.37. The number of aromatic nitrogens is 1. The van der Waals surface area contributed by atoms with Gasteiger partial charge in [-0.3, -0.25) is 4.98 Å². The van der Waals surface area contributed by atoms with Crippen molar-refractivity contribution in [1.29, 1.82) is 0 Å². The van der Waals surface area contributed by atoms with Crippen LogP contribution in [0.2, 0.25) is 28.2 Å². The van der Waals surface area contributed by atoms with Gasteiger partial charge in [-0.15, -0.1) is 0 Å². The molecular formula is C21H36Cl2N2OSi. The van der Waals surface area contributed by atoms with Crippen molar-refractivity contribution in [3.63, 3.8) is 0 Å². The number of pyridine rings is 1. The van der Waals surface area contributed by atoms with Gasteiger partial charge in [0.1, 0.15) is 0 Å². The minimum absolute atomic E-state index is 0.116. The van der Waals surface area contributed by atoms with Gasteiger partial charge in [-0.1, -0.05) is 57.8 Å². The molecule has 1 heterocycles. The first-order valence-corrected chi connectivity index (χ1v) is 13.7. The van der Waals surface area contributed by atoms with Crippen molar-refractivity contribution in [3.05, 3.63) is 28.0 Å². The SMILES string of the molecule is CC[Si](CC)(CC)OC(CNC1CCC(C)(C)CC1)c1c(Cl)cncc1Cl. The molecule has 6 heteroatoms. The fraction of sp³-hybridized carbons (Fsp3) is 0.762. The minimum atomic E-state index is -1.80. The minimum Gasteiger partial charge on any atom is -0.409 e. The van der Waals surface area contributed by atoms with Crippen LogP contribution in [0.4, 0.5) is 0 Å². The van der Waals surface area contributed by atoms with Gasteiger partial charge < -0.3 is 9.74 Å². The zero-order valence-corrected chi connectivity index (χ0v) is 20.1. The molecule has 0 amide bonds. The Morgan fingerprint density at radius 1 is 1.11 bits per heavy atom. The van der Waals surface area contributed by atoms with E-state index in [0.29, 0.717) is 21.5 Å². The summed E-state index contributed by atoms with van der Waals surface area (Å²) in [6.07, 6.45) is 8.21. The van der Waals surface area contributed by atoms with Crippen LogP contribution in [0.5, 0.6) is 0 Å². The van der Waals surface area contributed by atoms with E-state index in [1.54, 1.807) is 12.4 Å². The Bertz CT molecular complexity index is 569. The molecule has 27 heavy (non-hydrogen) atoms. The summed E-state index contributed by atoms with van der Waals surface area (Å²) in [4.78, 5) is 4.12. The fourth-order valence-corrected chi connectivity index (χ4v) is 7.52. The monoisotopic (exact) mass is 430 g/mol. The topological polar surface area (TPSA) is 34.1 Å². The van der Waals surface area contributed by atoms with E-state index in [2.05, 4.69) is 44.9 Å². The standard InChI is InChI=1S/C21H36Cl2N2OSi/c1-6-27(7-2,8-3)26-19(20-17(22)13-24-14-18(20)23)15-25-16-9-11-21(4,5)12-10-16/h13-14,16,19,25H,6-12,15H2,1-5H3. The number of rotatable bonds is 9. The van der Waals surface area contributed by atoms with E-state index in [-0.39, 0.29) is 6.10 Å². The highest BCUT2D eigenvalue weighted by molar-refractivity contribution is 6.73. The maximum absolute atomic E-state index is 6.85. The maximum atomic E-state index is 6.85. The van der Waals surface area contributed by atoms with Crippen LogP contribution in [0.15, 0.2) is 12.4 Å². The third-order valence-electron chi connectivity index (χ3n) is 6.47. The molecule has 2 rings (SSSR count). The predicted molar refractivity (Wildman–Crippen MR) is 119 cm³/mol. The van der Waals surface area contributed by atoms with Crippen LogP contribution in [0.1, 0.15) is 72.0 Å². The smallest absolute Gasteiger partial charge is 0.192 e. The third kappa shape index (κ3) is 6.17. The molecule has 0 radical (unpaired) electrons. The molecule has 3 nitrogen and oxygen atoms in total. The Labute approximate surface area is 176 Å². The van der Waals surface area contributed by atoms with Crippen molar-refractivity contribution in [2.45, 2.75) is 90.6 Å². The summed E-state index contributed by atoms with van der Waals surface area (Å²) in [6.45, 7) is 12.3. The second kappa shape index (κ2) is 10.1. The van der Waals surface area contributed by atoms with Gasteiger partial charge in [0.15, 0.2) is 8.32 Å². The van der Waals surface area contributed by atoms with E-state index in [0.717, 1.165) is 30.2 Å². The number of nitrogens with one attached hydrogen (secondary N) is 1. The van der Waals surface area contributed by atoms with Crippen molar-refractivity contribution in [2.24, 2.45) is 5.41 Å². The van der Waals surface area contributed by atoms with Crippen LogP contribution in [-0.2, 0) is 4.43 Å². The molecule has 0 bridgehead atoms. The van der Waals surface area contributed by atoms with Gasteiger partial charge in [-0.2, -0.15) is 0 Å². The van der Waals surface area contributed by atoms with Crippen molar-refractivity contribution in [1.82, 2.24) is 10.3 Å². The lowest BCUT2D eigenvalue weighted by Gasteiger charge is -2.37. The molecular weight excluding hydrogens is 395 g/mol. The normalized spacial score (nSPS) is 19.2. The molecule has 1 atom stereocenters. The van der Waals surface area contributed by atoms with Crippen LogP contribution in [0, 0.1) is 5.41 Å². The van der Waals surface area contributed by atoms with E-state index in [4.69, 9.17) is 27.6 Å². The van der Waals surface area contributed by atoms with E-state index >= 15 is 0 Å². The number of hydrogen-bond acceptors (Lipinski definition) is 3. The maximum Gasteiger partial charge on any atom is 0.192 e. The van der Waals surface area contributed by atoms with Crippen LogP contribution < -0.4 is 5.32 Å². The third-order valence-corrected chi connectivity index (χ3v) is 11.7. The number of halogens is 2. The Morgan fingerprint density at radius 2 is 1.63 bits per heavy atom. The van der Waals surface area contributed by atoms with Crippen LogP contribution >= 0.6 is 23.2 Å². The van der Waals surface area contributed by atoms with Gasteiger partial charge in [0.2, 0.25) is 0 Å². The van der Waals surface area contributed by atoms with Gasteiger partial charge in [0.05, 0.1) is 16.1 Å². The summed E-state index contributed by atoms with van der Waals surface area (Å²) in [5.74, 6) is 0. The lowest BCUT2D eigenvalue weighted by molar-refractivity contribution is 0.160. The van der Waals surface area contributed by atoms with E-state index in [1.807, 2.05) is 0 Å². The summed E-state index contributed by atoms with van der Waals surface area (Å²) in [7, 11) is -1.80. The van der Waals surface area contributed by atoms with E-state index in [1.165, 1.54) is 25.7 Å². The van der Waals surface area contributed by atoms with Crippen molar-refractivity contribution in [3.8, 4) is 0 Å². The second-order valence-corrected chi connectivity index (χ2v) is 14.3. The average molecular weight is 432 g/mol. The Balaban J connectivity index is 2.17. The lowest BCUT2D eigenvalue weighted by atomic mass is 9.75. The van der Waals surface area contributed by atoms with E-state index in [9.17, 15) is 0 Å². The highest BCUT2D eigenvalue weighted by Gasteiger charge is 2.35. The Morgan fingerprint density at radius 3 is 2.11 bits per heavy atom. The molecule has 1 unspecified atom stereocenters. The van der Waals surface area contributed by atoms with Gasteiger partial charge in [0.25, 0.3) is 0 Å². The van der Waals surface area contributed by atoms with Crippen molar-refractivity contribution in [2.75, 3.05) is 6.54 Å². The highest BCUT2D eigenvalue weighted by Crippen LogP contribution is 2.38. The fourth-order valence-electron chi connectivity index (χ4n) is 4.11. The molecule has 1 aromatic heterocycles. The van der Waals surface area contributed by atoms with Gasteiger partial charge in [-0.05, 0) is 49.2 Å². The quantitative estimate of drug-likeness (QED) is 0.427. The highest BCUT2D eigenvalue weighted by atomic mass is 35.5. The molecule has 154 valence electrons. The molecule has 1 aliphatic rings. The largest absolute Gasteiger partial charge is 0.409 e. The van der Waals surface area contributed by atoms with Gasteiger partial charge >= 0.3 is 0 Å². The predicted octanol–water partition coefficient (Wildman–Crippen LogP) is 7.01. The Kier molecular flexibility index (Phi) is 8.63. The molecule has 0 saturated heterocycles. The first-order chi connectivity index (χ1) is 12.8. The molecule has 1 saturated carbocycles. The first-order valence-electron chi connectivity index (χ1n) is 10.5. The molecule has 1 aromatic rings. The molecule has 1 fully saturated rings. The van der Waals surface area contributed by atoms with Crippen LogP contribution in [-0.4, -0.2) is 25.9 Å². The summed E-state index contributed by atoms with van der Waals surface area (Å²) in [6, 6.07) is 3.86. The summed E-state index contributed by atoms with van der Waals surface area (Å²) >= 11 is 13.0. The van der Waals surface area contributed by atoms with Crippen molar-refractivity contribution < 1.29 is 4.43 Å². The molecule has 1 N–H and O–H groups in total. The first kappa shape index (κ1) is 23.1. The summed E-state index contributed by atoms with van der Waals surface area (Å²) in [5, 5.41) is 4.97. The average Bonchev–Trinajstić information content (AvgIpc) is 2.64. The zero-order valence-electron chi connectivity index (χ0n) is 17.6. The zero-order chi connectivity index (χ0) is 20.1. The van der Waals surface area contributed by atoms with Crippen molar-refractivity contribution >= 4 is 31.5 Å². The molecule has 0 aliphatic heterocycles. The Hall–Kier alpha value is -0.133. The van der Waals surface area contributed by atoms with E-state index < -0.39 is 8.32 Å². The molecule has 1 aliphatic carbocycles. The van der Waals surface area contributed by atoms with Gasteiger partial charge in [0, 0.05) is 30.5 Å². The second-order valence-electron chi connectivity index (χ2n) is 8.71. The van der Waals surface area contributed by atoms with Gasteiger partial charge in [-0.25, -0.2) is 0 Å². The van der Waals surface area contributed by atoms with Crippen LogP contribution in [0.25, 0.3) is 0 Å². The summed E-state index contributed by atoms with van der Waals surface area (Å²) < 4.78 is 6.85. The molecule has 0 spiro atoms. The molecule has 0 aromatic carbocycles. The number of hydrogen-bond donors (Lipinski definition) is 1. The lowest BCUT2D eigenvalue weighted by Crippen LogP contribution is -2.43. The van der Waals surface area contributed by atoms with Crippen LogP contribution in [0.3, 0.4) is 0 Å².